The predicted molar refractivity (Wildman–Crippen MR) is 74.4 cm³/mol. The molecule has 118 valence electrons. The van der Waals surface area contributed by atoms with Crippen LogP contribution in [0.4, 0.5) is 4.39 Å². The second-order valence-electron chi connectivity index (χ2n) is 4.87. The van der Waals surface area contributed by atoms with E-state index >= 15 is 0 Å². The van der Waals surface area contributed by atoms with E-state index in [1.54, 1.807) is 6.92 Å². The molecule has 1 saturated heterocycles. The molecule has 1 aromatic carbocycles. The van der Waals surface area contributed by atoms with E-state index in [-0.39, 0.29) is 11.4 Å². The van der Waals surface area contributed by atoms with Gasteiger partial charge in [0.2, 0.25) is 10.0 Å². The van der Waals surface area contributed by atoms with E-state index in [4.69, 9.17) is 0 Å². The summed E-state index contributed by atoms with van der Waals surface area (Å²) < 4.78 is 62.0. The number of sulfonamides is 1. The molecule has 1 fully saturated rings. The lowest BCUT2D eigenvalue weighted by Crippen LogP contribution is -2.46. The third-order valence-corrected chi connectivity index (χ3v) is 7.11. The third-order valence-electron chi connectivity index (χ3n) is 3.40. The fourth-order valence-corrected chi connectivity index (χ4v) is 5.97. The average Bonchev–Trinajstić information content (AvgIpc) is 2.64. The second-order valence-corrected chi connectivity index (χ2v) is 8.92. The van der Waals surface area contributed by atoms with Gasteiger partial charge in [0, 0.05) is 6.54 Å². The number of likely N-dealkylation sites (N-methyl/N-ethyl adjacent to an activating group) is 1. The summed E-state index contributed by atoms with van der Waals surface area (Å²) in [6.07, 6.45) is -1.26. The number of rotatable bonds is 4. The largest absolute Gasteiger partial charge is 0.390 e. The maximum Gasteiger partial charge on any atom is 0.243 e. The monoisotopic (exact) mass is 337 g/mol. The molecule has 21 heavy (non-hydrogen) atoms. The van der Waals surface area contributed by atoms with Gasteiger partial charge in [-0.2, -0.15) is 4.31 Å². The van der Waals surface area contributed by atoms with Crippen molar-refractivity contribution in [2.75, 3.05) is 18.1 Å². The van der Waals surface area contributed by atoms with Crippen LogP contribution in [0.2, 0.25) is 0 Å². The summed E-state index contributed by atoms with van der Waals surface area (Å²) in [4.78, 5) is -0.137. The van der Waals surface area contributed by atoms with E-state index in [0.29, 0.717) is 0 Å². The molecule has 2 rings (SSSR count). The first-order valence-electron chi connectivity index (χ1n) is 6.33. The molecule has 0 amide bonds. The van der Waals surface area contributed by atoms with E-state index in [9.17, 15) is 26.3 Å². The number of aliphatic hydroxyl groups is 1. The Morgan fingerprint density at radius 3 is 2.29 bits per heavy atom. The van der Waals surface area contributed by atoms with Crippen molar-refractivity contribution in [3.63, 3.8) is 0 Å². The van der Waals surface area contributed by atoms with Crippen LogP contribution in [0.5, 0.6) is 0 Å². The van der Waals surface area contributed by atoms with Gasteiger partial charge >= 0.3 is 0 Å². The Balaban J connectivity index is 2.39. The van der Waals surface area contributed by atoms with E-state index in [1.807, 2.05) is 0 Å². The predicted octanol–water partition coefficient (Wildman–Crippen LogP) is -0.00580. The molecule has 0 unspecified atom stereocenters. The van der Waals surface area contributed by atoms with Crippen LogP contribution in [0.1, 0.15) is 6.92 Å². The minimum absolute atomic E-state index is 0.0109. The van der Waals surface area contributed by atoms with Crippen LogP contribution in [-0.2, 0) is 19.9 Å². The first kappa shape index (κ1) is 16.3. The number of benzene rings is 1. The van der Waals surface area contributed by atoms with Gasteiger partial charge in [0.15, 0.2) is 9.84 Å². The van der Waals surface area contributed by atoms with E-state index in [1.165, 1.54) is 0 Å². The summed E-state index contributed by atoms with van der Waals surface area (Å²) in [6.45, 7) is 1.57. The molecule has 1 aromatic rings. The fourth-order valence-electron chi connectivity index (χ4n) is 2.41. The summed E-state index contributed by atoms with van der Waals surface area (Å²) in [5, 5.41) is 9.84. The van der Waals surface area contributed by atoms with Crippen LogP contribution >= 0.6 is 0 Å². The molecular weight excluding hydrogens is 321 g/mol. The zero-order valence-corrected chi connectivity index (χ0v) is 12.9. The van der Waals surface area contributed by atoms with Crippen LogP contribution in [0.3, 0.4) is 0 Å². The Kier molecular flexibility index (Phi) is 4.39. The molecular formula is C12H16FNO5S2. The van der Waals surface area contributed by atoms with Gasteiger partial charge in [-0.05, 0) is 24.3 Å². The van der Waals surface area contributed by atoms with Crippen molar-refractivity contribution in [3.05, 3.63) is 30.1 Å². The summed E-state index contributed by atoms with van der Waals surface area (Å²) in [5.74, 6) is -1.43. The van der Waals surface area contributed by atoms with Gasteiger partial charge < -0.3 is 5.11 Å². The molecule has 1 aliphatic rings. The molecule has 0 aliphatic carbocycles. The quantitative estimate of drug-likeness (QED) is 0.835. The lowest BCUT2D eigenvalue weighted by atomic mass is 10.2. The highest BCUT2D eigenvalue weighted by atomic mass is 32.2. The van der Waals surface area contributed by atoms with Gasteiger partial charge in [-0.1, -0.05) is 6.92 Å². The van der Waals surface area contributed by atoms with Crippen molar-refractivity contribution < 1.29 is 26.3 Å². The zero-order chi connectivity index (χ0) is 15.8. The number of halogens is 1. The molecule has 0 radical (unpaired) electrons. The van der Waals surface area contributed by atoms with E-state index in [2.05, 4.69) is 0 Å². The number of aliphatic hydroxyl groups excluding tert-OH is 1. The normalized spacial score (nSPS) is 25.3. The SMILES string of the molecule is CCN([C@@H]1CS(=O)(=O)C[C@H]1O)S(=O)(=O)c1ccc(F)cc1. The minimum atomic E-state index is -3.99. The van der Waals surface area contributed by atoms with Gasteiger partial charge in [-0.25, -0.2) is 21.2 Å². The molecule has 0 bridgehead atoms. The molecule has 2 atom stereocenters. The number of hydrogen-bond donors (Lipinski definition) is 1. The van der Waals surface area contributed by atoms with Crippen LogP contribution in [0.25, 0.3) is 0 Å². The van der Waals surface area contributed by atoms with Crippen molar-refractivity contribution in [1.29, 1.82) is 0 Å². The Labute approximate surface area is 123 Å². The highest BCUT2D eigenvalue weighted by molar-refractivity contribution is 7.92. The fraction of sp³-hybridized carbons (Fsp3) is 0.500. The first-order chi connectivity index (χ1) is 9.67. The number of nitrogens with zero attached hydrogens (tertiary/aromatic N) is 1. The Morgan fingerprint density at radius 1 is 1.29 bits per heavy atom. The van der Waals surface area contributed by atoms with Gasteiger partial charge in [0.05, 0.1) is 28.5 Å². The number of sulfone groups is 1. The van der Waals surface area contributed by atoms with Crippen LogP contribution in [0.15, 0.2) is 29.2 Å². The topological polar surface area (TPSA) is 91.8 Å². The van der Waals surface area contributed by atoms with Crippen molar-refractivity contribution >= 4 is 19.9 Å². The van der Waals surface area contributed by atoms with Crippen molar-refractivity contribution in [1.82, 2.24) is 4.31 Å². The summed E-state index contributed by atoms with van der Waals surface area (Å²) in [6, 6.07) is 3.24. The maximum absolute atomic E-state index is 12.9. The molecule has 6 nitrogen and oxygen atoms in total. The van der Waals surface area contributed by atoms with Gasteiger partial charge in [0.25, 0.3) is 0 Å². The molecule has 1 aliphatic heterocycles. The molecule has 1 N–H and O–H groups in total. The van der Waals surface area contributed by atoms with Crippen molar-refractivity contribution in [3.8, 4) is 0 Å². The van der Waals surface area contributed by atoms with E-state index < -0.39 is 49.3 Å². The standard InChI is InChI=1S/C12H16FNO5S2/c1-2-14(11-7-20(16,17)8-12(11)15)21(18,19)10-5-3-9(13)4-6-10/h3-6,11-12,15H,2,7-8H2,1H3/t11-,12-/m1/s1. The zero-order valence-electron chi connectivity index (χ0n) is 11.3. The molecule has 1 heterocycles. The lowest BCUT2D eigenvalue weighted by Gasteiger charge is -2.28. The molecule has 0 aromatic heterocycles. The highest BCUT2D eigenvalue weighted by Gasteiger charge is 2.44. The second kappa shape index (κ2) is 5.64. The summed E-state index contributed by atoms with van der Waals surface area (Å²) in [7, 11) is -7.46. The summed E-state index contributed by atoms with van der Waals surface area (Å²) >= 11 is 0. The van der Waals surface area contributed by atoms with Crippen LogP contribution in [0, 0.1) is 5.82 Å². The summed E-state index contributed by atoms with van der Waals surface area (Å²) in [5.41, 5.74) is 0. The van der Waals surface area contributed by atoms with Crippen molar-refractivity contribution in [2.24, 2.45) is 0 Å². The minimum Gasteiger partial charge on any atom is -0.390 e. The highest BCUT2D eigenvalue weighted by Crippen LogP contribution is 2.25. The van der Waals surface area contributed by atoms with Crippen molar-refractivity contribution in [2.45, 2.75) is 24.0 Å². The lowest BCUT2D eigenvalue weighted by molar-refractivity contribution is 0.130. The van der Waals surface area contributed by atoms with Gasteiger partial charge in [0.1, 0.15) is 5.82 Å². The Hall–Kier alpha value is -1.03. The van der Waals surface area contributed by atoms with Crippen LogP contribution in [-0.4, -0.2) is 56.4 Å². The first-order valence-corrected chi connectivity index (χ1v) is 9.59. The molecule has 0 spiro atoms. The third kappa shape index (κ3) is 3.25. The Morgan fingerprint density at radius 2 is 1.86 bits per heavy atom. The number of hydrogen-bond acceptors (Lipinski definition) is 5. The van der Waals surface area contributed by atoms with E-state index in [0.717, 1.165) is 28.6 Å². The van der Waals surface area contributed by atoms with Crippen LogP contribution < -0.4 is 0 Å². The smallest absolute Gasteiger partial charge is 0.243 e. The Bertz CT molecular complexity index is 715. The average molecular weight is 337 g/mol. The van der Waals surface area contributed by atoms with Gasteiger partial charge in [-0.3, -0.25) is 0 Å². The maximum atomic E-state index is 12.9. The molecule has 0 saturated carbocycles. The molecule has 9 heteroatoms. The van der Waals surface area contributed by atoms with Gasteiger partial charge in [-0.15, -0.1) is 0 Å².